The molecule has 10 heteroatoms. The molecule has 1 aliphatic rings. The predicted octanol–water partition coefficient (Wildman–Crippen LogP) is 2.85. The lowest BCUT2D eigenvalue weighted by molar-refractivity contribution is -0.123. The Morgan fingerprint density at radius 2 is 1.65 bits per heavy atom. The number of hydrazine groups is 1. The van der Waals surface area contributed by atoms with Gasteiger partial charge < -0.3 is 4.74 Å². The van der Waals surface area contributed by atoms with E-state index in [9.17, 15) is 18.0 Å². The van der Waals surface area contributed by atoms with Crippen LogP contribution < -0.4 is 15.6 Å². The van der Waals surface area contributed by atoms with Gasteiger partial charge in [0.25, 0.3) is 11.8 Å². The molecule has 166 valence electrons. The monoisotopic (exact) mass is 509 g/mol. The fraction of sp³-hybridized carbons (Fsp3) is 0.333. The Bertz CT molecular complexity index is 1020. The van der Waals surface area contributed by atoms with E-state index in [2.05, 4.69) is 26.8 Å². The SMILES string of the molecule is O=C(COc1ccc(Br)cc1)NNC(=O)c1cccc(S(=O)(=O)N2CCCCCC2)c1. The van der Waals surface area contributed by atoms with Crippen molar-refractivity contribution >= 4 is 37.8 Å². The van der Waals surface area contributed by atoms with Crippen LogP contribution in [-0.2, 0) is 14.8 Å². The molecule has 1 heterocycles. The first-order chi connectivity index (χ1) is 14.9. The van der Waals surface area contributed by atoms with Crippen molar-refractivity contribution in [2.24, 2.45) is 0 Å². The molecule has 0 saturated carbocycles. The Kier molecular flexibility index (Phi) is 8.05. The zero-order chi connectivity index (χ0) is 22.3. The average Bonchev–Trinajstić information content (AvgIpc) is 3.07. The summed E-state index contributed by atoms with van der Waals surface area (Å²) in [5.74, 6) is -0.661. The molecule has 0 spiro atoms. The Morgan fingerprint density at radius 3 is 2.32 bits per heavy atom. The first kappa shape index (κ1) is 23.2. The van der Waals surface area contributed by atoms with Crippen LogP contribution in [0.3, 0.4) is 0 Å². The van der Waals surface area contributed by atoms with Crippen LogP contribution in [0.2, 0.25) is 0 Å². The number of halogens is 1. The largest absolute Gasteiger partial charge is 0.484 e. The smallest absolute Gasteiger partial charge is 0.276 e. The molecule has 0 unspecified atom stereocenters. The van der Waals surface area contributed by atoms with Gasteiger partial charge in [0, 0.05) is 23.1 Å². The Labute approximate surface area is 190 Å². The van der Waals surface area contributed by atoms with Gasteiger partial charge in [-0.1, -0.05) is 34.8 Å². The molecule has 1 fully saturated rings. The second kappa shape index (κ2) is 10.7. The number of nitrogens with zero attached hydrogens (tertiary/aromatic N) is 1. The van der Waals surface area contributed by atoms with Crippen LogP contribution in [0.1, 0.15) is 36.0 Å². The molecule has 31 heavy (non-hydrogen) atoms. The summed E-state index contributed by atoms with van der Waals surface area (Å²) in [7, 11) is -3.67. The number of nitrogens with one attached hydrogen (secondary N) is 2. The van der Waals surface area contributed by atoms with Gasteiger partial charge in [-0.15, -0.1) is 0 Å². The lowest BCUT2D eigenvalue weighted by atomic mass is 10.2. The second-order valence-electron chi connectivity index (χ2n) is 7.09. The highest BCUT2D eigenvalue weighted by molar-refractivity contribution is 9.10. The van der Waals surface area contributed by atoms with E-state index in [1.807, 2.05) is 0 Å². The van der Waals surface area contributed by atoms with Crippen LogP contribution >= 0.6 is 15.9 Å². The molecule has 2 aromatic carbocycles. The highest BCUT2D eigenvalue weighted by Crippen LogP contribution is 2.21. The summed E-state index contributed by atoms with van der Waals surface area (Å²) in [5, 5.41) is 0. The molecule has 3 rings (SSSR count). The third-order valence-corrected chi connectivity index (χ3v) is 7.22. The van der Waals surface area contributed by atoms with Gasteiger partial charge in [0.2, 0.25) is 10.0 Å². The Hall–Kier alpha value is -2.43. The summed E-state index contributed by atoms with van der Waals surface area (Å²) in [6.07, 6.45) is 3.68. The second-order valence-corrected chi connectivity index (χ2v) is 9.94. The van der Waals surface area contributed by atoms with Crippen molar-refractivity contribution in [3.63, 3.8) is 0 Å². The lowest BCUT2D eigenvalue weighted by Gasteiger charge is -2.20. The van der Waals surface area contributed by atoms with Crippen LogP contribution in [0, 0.1) is 0 Å². The maximum atomic E-state index is 12.9. The van der Waals surface area contributed by atoms with Gasteiger partial charge in [0.1, 0.15) is 5.75 Å². The molecule has 1 saturated heterocycles. The maximum absolute atomic E-state index is 12.9. The van der Waals surface area contributed by atoms with Crippen LogP contribution in [0.4, 0.5) is 0 Å². The minimum absolute atomic E-state index is 0.0620. The molecule has 1 aliphatic heterocycles. The van der Waals surface area contributed by atoms with Gasteiger partial charge in [-0.2, -0.15) is 4.31 Å². The number of rotatable bonds is 6. The minimum Gasteiger partial charge on any atom is -0.484 e. The summed E-state index contributed by atoms with van der Waals surface area (Å²) in [6.45, 7) is 0.672. The third-order valence-electron chi connectivity index (χ3n) is 4.80. The van der Waals surface area contributed by atoms with Crippen molar-refractivity contribution in [1.29, 1.82) is 0 Å². The molecule has 0 aliphatic carbocycles. The van der Waals surface area contributed by atoms with Crippen molar-refractivity contribution < 1.29 is 22.7 Å². The molecular weight excluding hydrogens is 486 g/mol. The van der Waals surface area contributed by atoms with Crippen LogP contribution in [0.15, 0.2) is 57.9 Å². The van der Waals surface area contributed by atoms with E-state index in [4.69, 9.17) is 4.74 Å². The molecule has 2 aromatic rings. The Morgan fingerprint density at radius 1 is 0.968 bits per heavy atom. The van der Waals surface area contributed by atoms with E-state index >= 15 is 0 Å². The molecular formula is C21H24BrN3O5S. The Balaban J connectivity index is 1.56. The van der Waals surface area contributed by atoms with Gasteiger partial charge in [-0.25, -0.2) is 8.42 Å². The van der Waals surface area contributed by atoms with Crippen LogP contribution in [-0.4, -0.2) is 44.2 Å². The van der Waals surface area contributed by atoms with Gasteiger partial charge in [-0.3, -0.25) is 20.4 Å². The van der Waals surface area contributed by atoms with Crippen molar-refractivity contribution in [3.05, 3.63) is 58.6 Å². The summed E-state index contributed by atoms with van der Waals surface area (Å²) in [6, 6.07) is 12.8. The van der Waals surface area contributed by atoms with Crippen LogP contribution in [0.5, 0.6) is 5.75 Å². The maximum Gasteiger partial charge on any atom is 0.276 e. The van der Waals surface area contributed by atoms with Gasteiger partial charge >= 0.3 is 0 Å². The summed E-state index contributed by atoms with van der Waals surface area (Å²) >= 11 is 3.31. The van der Waals surface area contributed by atoms with Gasteiger partial charge in [0.15, 0.2) is 6.61 Å². The number of carbonyl (C=O) groups is 2. The highest BCUT2D eigenvalue weighted by atomic mass is 79.9. The number of hydrogen-bond donors (Lipinski definition) is 2. The van der Waals surface area contributed by atoms with Crippen molar-refractivity contribution in [2.75, 3.05) is 19.7 Å². The number of carbonyl (C=O) groups excluding carboxylic acids is 2. The predicted molar refractivity (Wildman–Crippen MR) is 119 cm³/mol. The molecule has 2 amide bonds. The van der Waals surface area contributed by atoms with E-state index in [0.29, 0.717) is 18.8 Å². The lowest BCUT2D eigenvalue weighted by Crippen LogP contribution is -2.43. The molecule has 0 radical (unpaired) electrons. The number of sulfonamides is 1. The summed E-state index contributed by atoms with van der Waals surface area (Å²) in [5.41, 5.74) is 4.67. The van der Waals surface area contributed by atoms with Crippen LogP contribution in [0.25, 0.3) is 0 Å². The third kappa shape index (κ3) is 6.52. The zero-order valence-corrected chi connectivity index (χ0v) is 19.2. The molecule has 8 nitrogen and oxygen atoms in total. The van der Waals surface area contributed by atoms with Crippen molar-refractivity contribution in [2.45, 2.75) is 30.6 Å². The normalized spacial score (nSPS) is 15.0. The first-order valence-corrected chi connectivity index (χ1v) is 12.2. The average molecular weight is 510 g/mol. The molecule has 0 atom stereocenters. The molecule has 0 aromatic heterocycles. The number of hydrogen-bond acceptors (Lipinski definition) is 5. The number of benzene rings is 2. The first-order valence-electron chi connectivity index (χ1n) is 9.94. The van der Waals surface area contributed by atoms with E-state index in [0.717, 1.165) is 30.2 Å². The van der Waals surface area contributed by atoms with Gasteiger partial charge in [0.05, 0.1) is 4.90 Å². The standard InChI is InChI=1S/C21H24BrN3O5S/c22-17-8-10-18(11-9-17)30-15-20(26)23-24-21(27)16-6-5-7-19(14-16)31(28,29)25-12-3-1-2-4-13-25/h5-11,14H,1-4,12-13,15H2,(H,23,26)(H,24,27). The fourth-order valence-corrected chi connectivity index (χ4v) is 4.97. The van der Waals surface area contributed by atoms with Crippen molar-refractivity contribution in [1.82, 2.24) is 15.2 Å². The van der Waals surface area contributed by atoms with E-state index in [1.165, 1.54) is 28.6 Å². The van der Waals surface area contributed by atoms with Gasteiger partial charge in [-0.05, 0) is 55.3 Å². The van der Waals surface area contributed by atoms with E-state index < -0.39 is 21.8 Å². The van der Waals surface area contributed by atoms with Crippen molar-refractivity contribution in [3.8, 4) is 5.75 Å². The number of ether oxygens (including phenoxy) is 1. The summed E-state index contributed by atoms with van der Waals surface area (Å²) < 4.78 is 33.5. The quantitative estimate of drug-likeness (QED) is 0.582. The zero-order valence-electron chi connectivity index (χ0n) is 16.8. The fourth-order valence-electron chi connectivity index (χ4n) is 3.14. The molecule has 2 N–H and O–H groups in total. The van der Waals surface area contributed by atoms with E-state index in [-0.39, 0.29) is 17.1 Å². The van der Waals surface area contributed by atoms with E-state index in [1.54, 1.807) is 24.3 Å². The minimum atomic E-state index is -3.67. The highest BCUT2D eigenvalue weighted by Gasteiger charge is 2.25. The molecule has 0 bridgehead atoms. The summed E-state index contributed by atoms with van der Waals surface area (Å²) in [4.78, 5) is 24.4. The topological polar surface area (TPSA) is 105 Å². The number of amides is 2.